The van der Waals surface area contributed by atoms with Crippen LogP contribution >= 0.6 is 23.2 Å². The lowest BCUT2D eigenvalue weighted by Crippen LogP contribution is -2.13. The van der Waals surface area contributed by atoms with E-state index in [0.717, 1.165) is 12.1 Å². The Morgan fingerprint density at radius 1 is 0.885 bits per heavy atom. The van der Waals surface area contributed by atoms with Crippen molar-refractivity contribution in [3.8, 4) is 0 Å². The lowest BCUT2D eigenvalue weighted by Gasteiger charge is -2.07. The van der Waals surface area contributed by atoms with E-state index in [1.54, 1.807) is 18.2 Å². The smallest absolute Gasteiger partial charge is 0.258 e. The molecule has 3 aromatic rings. The van der Waals surface area contributed by atoms with E-state index in [0.29, 0.717) is 15.7 Å². The van der Waals surface area contributed by atoms with Crippen LogP contribution in [-0.4, -0.2) is 15.9 Å². The van der Waals surface area contributed by atoms with Gasteiger partial charge in [-0.2, -0.15) is 0 Å². The van der Waals surface area contributed by atoms with Crippen molar-refractivity contribution in [2.45, 2.75) is 0 Å². The van der Waals surface area contributed by atoms with Crippen LogP contribution in [0, 0.1) is 11.6 Å². The molecule has 0 atom stereocenters. The molecule has 0 bridgehead atoms. The van der Waals surface area contributed by atoms with Crippen molar-refractivity contribution >= 4 is 46.4 Å². The van der Waals surface area contributed by atoms with Crippen LogP contribution in [0.2, 0.25) is 10.0 Å². The van der Waals surface area contributed by atoms with Crippen molar-refractivity contribution < 1.29 is 13.6 Å². The highest BCUT2D eigenvalue weighted by atomic mass is 35.5. The highest BCUT2D eigenvalue weighted by molar-refractivity contribution is 6.42. The molecule has 0 aliphatic heterocycles. The van der Waals surface area contributed by atoms with Gasteiger partial charge in [-0.05, 0) is 30.3 Å². The summed E-state index contributed by atoms with van der Waals surface area (Å²) in [5.41, 5.74) is 0.889. The number of aromatic nitrogens is 2. The first-order valence-electron chi connectivity index (χ1n) is 7.23. The second-order valence-corrected chi connectivity index (χ2v) is 5.95. The Morgan fingerprint density at radius 3 is 2.23 bits per heavy atom. The second-order valence-electron chi connectivity index (χ2n) is 5.13. The minimum Gasteiger partial charge on any atom is -0.324 e. The predicted molar refractivity (Wildman–Crippen MR) is 96.1 cm³/mol. The Kier molecular flexibility index (Phi) is 5.29. The van der Waals surface area contributed by atoms with Crippen molar-refractivity contribution in [1.29, 1.82) is 0 Å². The van der Waals surface area contributed by atoms with E-state index in [1.807, 2.05) is 0 Å². The molecule has 0 fully saturated rings. The third kappa shape index (κ3) is 4.25. The van der Waals surface area contributed by atoms with Gasteiger partial charge in [0, 0.05) is 29.8 Å². The van der Waals surface area contributed by atoms with Crippen LogP contribution in [0.25, 0.3) is 0 Å². The number of amides is 1. The average molecular weight is 395 g/mol. The number of nitrogens with zero attached hydrogens (tertiary/aromatic N) is 2. The molecule has 1 heterocycles. The first kappa shape index (κ1) is 18.0. The fourth-order valence-electron chi connectivity index (χ4n) is 1.99. The van der Waals surface area contributed by atoms with E-state index < -0.39 is 17.5 Å². The molecule has 5 nitrogen and oxygen atoms in total. The number of hydrogen-bond donors (Lipinski definition) is 2. The molecule has 0 unspecified atom stereocenters. The van der Waals surface area contributed by atoms with Gasteiger partial charge in [-0.1, -0.05) is 23.2 Å². The average Bonchev–Trinajstić information content (AvgIpc) is 2.62. The third-order valence-corrected chi connectivity index (χ3v) is 4.01. The number of carbonyl (C=O) groups excluding carboxylic acids is 1. The molecule has 1 amide bonds. The molecule has 0 saturated carbocycles. The molecule has 0 radical (unpaired) electrons. The van der Waals surface area contributed by atoms with E-state index in [-0.39, 0.29) is 17.2 Å². The second kappa shape index (κ2) is 7.63. The minimum atomic E-state index is -1.06. The molecule has 2 N–H and O–H groups in total. The summed E-state index contributed by atoms with van der Waals surface area (Å²) in [6.45, 7) is 0. The van der Waals surface area contributed by atoms with Gasteiger partial charge >= 0.3 is 0 Å². The summed E-state index contributed by atoms with van der Waals surface area (Å²) >= 11 is 11.8. The monoisotopic (exact) mass is 394 g/mol. The van der Waals surface area contributed by atoms with Gasteiger partial charge in [0.05, 0.1) is 15.6 Å². The normalized spacial score (nSPS) is 10.5. The fourth-order valence-corrected chi connectivity index (χ4v) is 2.29. The maximum atomic E-state index is 13.2. The SMILES string of the molecule is O=C(Nc1ccc(F)c(F)c1)c1cnc(Nc2ccc(Cl)c(Cl)c2)nc1. The summed E-state index contributed by atoms with van der Waals surface area (Å²) in [5.74, 6) is -2.37. The van der Waals surface area contributed by atoms with Gasteiger partial charge in [0.2, 0.25) is 5.95 Å². The molecule has 3 rings (SSSR count). The maximum Gasteiger partial charge on any atom is 0.258 e. The fraction of sp³-hybridized carbons (Fsp3) is 0. The number of hydrogen-bond acceptors (Lipinski definition) is 4. The molecule has 0 spiro atoms. The number of anilines is 3. The summed E-state index contributed by atoms with van der Waals surface area (Å²) in [5, 5.41) is 6.14. The van der Waals surface area contributed by atoms with Crippen LogP contribution in [0.5, 0.6) is 0 Å². The number of rotatable bonds is 4. The zero-order valence-corrected chi connectivity index (χ0v) is 14.4. The first-order valence-corrected chi connectivity index (χ1v) is 7.98. The summed E-state index contributed by atoms with van der Waals surface area (Å²) in [6.07, 6.45) is 2.59. The Balaban J connectivity index is 1.69. The van der Waals surface area contributed by atoms with Crippen LogP contribution < -0.4 is 10.6 Å². The molecule has 132 valence electrons. The molecule has 0 saturated heterocycles. The van der Waals surface area contributed by atoms with Crippen LogP contribution in [0.3, 0.4) is 0 Å². The van der Waals surface area contributed by atoms with Gasteiger partial charge < -0.3 is 10.6 Å². The Morgan fingerprint density at radius 2 is 1.58 bits per heavy atom. The lowest BCUT2D eigenvalue weighted by atomic mass is 10.2. The first-order chi connectivity index (χ1) is 12.4. The van der Waals surface area contributed by atoms with Gasteiger partial charge in [0.15, 0.2) is 11.6 Å². The molecule has 26 heavy (non-hydrogen) atoms. The summed E-state index contributed by atoms with van der Waals surface area (Å²) in [4.78, 5) is 20.2. The van der Waals surface area contributed by atoms with E-state index in [9.17, 15) is 13.6 Å². The summed E-state index contributed by atoms with van der Waals surface area (Å²) in [7, 11) is 0. The largest absolute Gasteiger partial charge is 0.324 e. The highest BCUT2D eigenvalue weighted by Gasteiger charge is 2.10. The predicted octanol–water partition coefficient (Wildman–Crippen LogP) is 5.06. The molecule has 0 aliphatic carbocycles. The molecular weight excluding hydrogens is 385 g/mol. The van der Waals surface area contributed by atoms with Crippen LogP contribution in [0.15, 0.2) is 48.8 Å². The van der Waals surface area contributed by atoms with Gasteiger partial charge in [-0.3, -0.25) is 4.79 Å². The molecule has 1 aromatic heterocycles. The topological polar surface area (TPSA) is 66.9 Å². The van der Waals surface area contributed by atoms with E-state index in [1.165, 1.54) is 18.5 Å². The van der Waals surface area contributed by atoms with Gasteiger partial charge in [0.1, 0.15) is 0 Å². The van der Waals surface area contributed by atoms with Crippen molar-refractivity contribution in [2.75, 3.05) is 10.6 Å². The van der Waals surface area contributed by atoms with Gasteiger partial charge in [-0.15, -0.1) is 0 Å². The summed E-state index contributed by atoms with van der Waals surface area (Å²) < 4.78 is 26.1. The standard InChI is InChI=1S/C17H10Cl2F2N4O/c18-12-3-1-10(5-13(12)19)25-17-22-7-9(8-23-17)16(26)24-11-2-4-14(20)15(21)6-11/h1-8H,(H,24,26)(H,22,23,25). The Hall–Kier alpha value is -2.77. The van der Waals surface area contributed by atoms with Crippen molar-refractivity contribution in [2.24, 2.45) is 0 Å². The lowest BCUT2D eigenvalue weighted by molar-refractivity contribution is 0.102. The van der Waals surface area contributed by atoms with E-state index in [2.05, 4.69) is 20.6 Å². The molecule has 2 aromatic carbocycles. The number of benzene rings is 2. The number of nitrogens with one attached hydrogen (secondary N) is 2. The van der Waals surface area contributed by atoms with Gasteiger partial charge in [0.25, 0.3) is 5.91 Å². The Bertz CT molecular complexity index is 967. The van der Waals surface area contributed by atoms with E-state index >= 15 is 0 Å². The quantitative estimate of drug-likeness (QED) is 0.648. The third-order valence-electron chi connectivity index (χ3n) is 3.27. The maximum absolute atomic E-state index is 13.2. The summed E-state index contributed by atoms with van der Waals surface area (Å²) in [6, 6.07) is 7.98. The van der Waals surface area contributed by atoms with Crippen LogP contribution in [0.1, 0.15) is 10.4 Å². The van der Waals surface area contributed by atoms with Crippen molar-refractivity contribution in [3.05, 3.63) is 76.0 Å². The zero-order chi connectivity index (χ0) is 18.7. The zero-order valence-electron chi connectivity index (χ0n) is 12.9. The van der Waals surface area contributed by atoms with Crippen molar-refractivity contribution in [1.82, 2.24) is 9.97 Å². The number of carbonyl (C=O) groups is 1. The Labute approximate surface area is 157 Å². The number of halogens is 4. The van der Waals surface area contributed by atoms with Gasteiger partial charge in [-0.25, -0.2) is 18.7 Å². The molecular formula is C17H10Cl2F2N4O. The van der Waals surface area contributed by atoms with Crippen LogP contribution in [-0.2, 0) is 0 Å². The molecule has 9 heteroatoms. The molecule has 0 aliphatic rings. The van der Waals surface area contributed by atoms with E-state index in [4.69, 9.17) is 23.2 Å². The minimum absolute atomic E-state index is 0.118. The van der Waals surface area contributed by atoms with Crippen molar-refractivity contribution in [3.63, 3.8) is 0 Å². The highest BCUT2D eigenvalue weighted by Crippen LogP contribution is 2.26. The van der Waals surface area contributed by atoms with Crippen LogP contribution in [0.4, 0.5) is 26.1 Å².